The minimum absolute atomic E-state index is 0.0146. The second kappa shape index (κ2) is 7.46. The number of fused-ring (bicyclic) bond motifs is 1. The quantitative estimate of drug-likeness (QED) is 0.544. The molecule has 1 aromatic carbocycles. The lowest BCUT2D eigenvalue weighted by atomic mass is 10.0. The van der Waals surface area contributed by atoms with Crippen LogP contribution in [0.5, 0.6) is 11.5 Å². The maximum atomic E-state index is 12.4. The smallest absolute Gasteiger partial charge is 0.410 e. The molecule has 1 amide bonds. The Morgan fingerprint density at radius 2 is 1.62 bits per heavy atom. The van der Waals surface area contributed by atoms with Crippen molar-refractivity contribution in [3.05, 3.63) is 23.3 Å². The molecule has 3 rings (SSSR count). The molecule has 0 N–H and O–H groups in total. The predicted octanol–water partition coefficient (Wildman–Crippen LogP) is 2.41. The molecule has 1 atom stereocenters. The number of carbonyl (C=O) groups excluding carboxylic acids is 3. The van der Waals surface area contributed by atoms with E-state index in [0.717, 1.165) is 0 Å². The van der Waals surface area contributed by atoms with Gasteiger partial charge in [-0.2, -0.15) is 0 Å². The Labute approximate surface area is 168 Å². The molecule has 1 spiro atoms. The van der Waals surface area contributed by atoms with Crippen molar-refractivity contribution in [2.75, 3.05) is 33.9 Å². The van der Waals surface area contributed by atoms with E-state index in [1.165, 1.54) is 26.4 Å². The van der Waals surface area contributed by atoms with Gasteiger partial charge in [0.25, 0.3) is 0 Å². The first-order valence-corrected chi connectivity index (χ1v) is 9.22. The molecule has 2 heterocycles. The lowest BCUT2D eigenvalue weighted by Crippen LogP contribution is -2.48. The van der Waals surface area contributed by atoms with Crippen molar-refractivity contribution in [3.8, 4) is 11.5 Å². The second-order valence-electron chi connectivity index (χ2n) is 8.05. The van der Waals surface area contributed by atoms with E-state index in [1.807, 2.05) is 0 Å². The van der Waals surface area contributed by atoms with Crippen molar-refractivity contribution in [1.82, 2.24) is 4.90 Å². The zero-order valence-corrected chi connectivity index (χ0v) is 17.2. The molecule has 0 saturated carbocycles. The zero-order chi connectivity index (χ0) is 21.4. The van der Waals surface area contributed by atoms with Crippen molar-refractivity contribution >= 4 is 18.0 Å². The molecule has 29 heavy (non-hydrogen) atoms. The van der Waals surface area contributed by atoms with Crippen LogP contribution in [0.15, 0.2) is 12.1 Å². The Kier molecular flexibility index (Phi) is 5.34. The van der Waals surface area contributed by atoms with Gasteiger partial charge in [0.05, 0.1) is 31.9 Å². The average Bonchev–Trinajstić information content (AvgIpc) is 3.08. The monoisotopic (exact) mass is 407 g/mol. The van der Waals surface area contributed by atoms with Crippen LogP contribution in [0.4, 0.5) is 4.79 Å². The summed E-state index contributed by atoms with van der Waals surface area (Å²) in [5.74, 6) is -0.762. The molecule has 0 aromatic heterocycles. The fourth-order valence-corrected chi connectivity index (χ4v) is 3.31. The third kappa shape index (κ3) is 4.23. The highest BCUT2D eigenvalue weighted by Crippen LogP contribution is 2.41. The fourth-order valence-electron chi connectivity index (χ4n) is 3.31. The predicted molar refractivity (Wildman–Crippen MR) is 100 cm³/mol. The SMILES string of the molecule is COC(=O)c1cc2c(cc1C(=O)OC)OC1(CCN(C(=O)OC(C)(C)C)C1)CO2. The van der Waals surface area contributed by atoms with Gasteiger partial charge in [-0.25, -0.2) is 14.4 Å². The highest BCUT2D eigenvalue weighted by Gasteiger charge is 2.47. The van der Waals surface area contributed by atoms with Crippen molar-refractivity contribution in [2.24, 2.45) is 0 Å². The van der Waals surface area contributed by atoms with Gasteiger partial charge in [-0.05, 0) is 32.9 Å². The Morgan fingerprint density at radius 3 is 2.17 bits per heavy atom. The normalized spacial score (nSPS) is 20.4. The number of amides is 1. The summed E-state index contributed by atoms with van der Waals surface area (Å²) < 4.78 is 26.9. The molecule has 1 aromatic rings. The van der Waals surface area contributed by atoms with Gasteiger partial charge in [-0.1, -0.05) is 0 Å². The van der Waals surface area contributed by atoms with Crippen LogP contribution >= 0.6 is 0 Å². The standard InChI is InChI=1S/C20H25NO8/c1-19(2,3)29-18(24)21-7-6-20(10-21)11-27-14-8-12(16(22)25-4)13(17(23)26-5)9-15(14)28-20/h8-9H,6-7,10-11H2,1-5H3. The zero-order valence-electron chi connectivity index (χ0n) is 17.2. The van der Waals surface area contributed by atoms with E-state index in [0.29, 0.717) is 24.5 Å². The van der Waals surface area contributed by atoms with Crippen LogP contribution in [0.3, 0.4) is 0 Å². The number of hydrogen-bond acceptors (Lipinski definition) is 8. The highest BCUT2D eigenvalue weighted by atomic mass is 16.6. The Hall–Kier alpha value is -2.97. The van der Waals surface area contributed by atoms with Crippen molar-refractivity contribution < 1.29 is 38.1 Å². The number of likely N-dealkylation sites (tertiary alicyclic amines) is 1. The number of benzene rings is 1. The largest absolute Gasteiger partial charge is 0.485 e. The summed E-state index contributed by atoms with van der Waals surface area (Å²) in [6.45, 7) is 6.35. The van der Waals surface area contributed by atoms with Gasteiger partial charge in [0.15, 0.2) is 17.1 Å². The molecule has 1 unspecified atom stereocenters. The first kappa shape index (κ1) is 20.8. The molecular formula is C20H25NO8. The van der Waals surface area contributed by atoms with Gasteiger partial charge >= 0.3 is 18.0 Å². The van der Waals surface area contributed by atoms with E-state index in [9.17, 15) is 14.4 Å². The minimum atomic E-state index is -0.760. The van der Waals surface area contributed by atoms with Gasteiger partial charge in [0.1, 0.15) is 12.2 Å². The van der Waals surface area contributed by atoms with E-state index in [2.05, 4.69) is 0 Å². The maximum absolute atomic E-state index is 12.4. The molecule has 9 nitrogen and oxygen atoms in total. The number of ether oxygens (including phenoxy) is 5. The third-order valence-corrected chi connectivity index (χ3v) is 4.68. The summed E-state index contributed by atoms with van der Waals surface area (Å²) in [4.78, 5) is 38.1. The number of rotatable bonds is 2. The van der Waals surface area contributed by atoms with Crippen LogP contribution in [0, 0.1) is 0 Å². The summed E-state index contributed by atoms with van der Waals surface area (Å²) in [5, 5.41) is 0. The molecule has 0 aliphatic carbocycles. The van der Waals surface area contributed by atoms with E-state index in [4.69, 9.17) is 23.7 Å². The van der Waals surface area contributed by atoms with Gasteiger partial charge in [-0.3, -0.25) is 0 Å². The van der Waals surface area contributed by atoms with Gasteiger partial charge < -0.3 is 28.6 Å². The minimum Gasteiger partial charge on any atom is -0.485 e. The molecule has 1 fully saturated rings. The molecule has 0 radical (unpaired) electrons. The molecule has 9 heteroatoms. The van der Waals surface area contributed by atoms with Crippen LogP contribution in [-0.4, -0.2) is 68.0 Å². The van der Waals surface area contributed by atoms with Crippen LogP contribution in [0.1, 0.15) is 47.9 Å². The first-order chi connectivity index (χ1) is 13.6. The highest BCUT2D eigenvalue weighted by molar-refractivity contribution is 6.04. The first-order valence-electron chi connectivity index (χ1n) is 9.22. The number of hydrogen-bond donors (Lipinski definition) is 0. The summed E-state index contributed by atoms with van der Waals surface area (Å²) in [7, 11) is 2.44. The number of nitrogens with zero attached hydrogens (tertiary/aromatic N) is 1. The topological polar surface area (TPSA) is 101 Å². The van der Waals surface area contributed by atoms with Crippen molar-refractivity contribution in [1.29, 1.82) is 0 Å². The lowest BCUT2D eigenvalue weighted by Gasteiger charge is -2.35. The van der Waals surface area contributed by atoms with Gasteiger partial charge in [0, 0.05) is 13.0 Å². The van der Waals surface area contributed by atoms with Crippen molar-refractivity contribution in [2.45, 2.75) is 38.4 Å². The molecule has 2 aliphatic rings. The molecule has 2 aliphatic heterocycles. The molecule has 158 valence electrons. The van der Waals surface area contributed by atoms with E-state index in [-0.39, 0.29) is 24.3 Å². The van der Waals surface area contributed by atoms with E-state index >= 15 is 0 Å². The van der Waals surface area contributed by atoms with E-state index < -0.39 is 29.2 Å². The van der Waals surface area contributed by atoms with E-state index in [1.54, 1.807) is 25.7 Å². The molecular weight excluding hydrogens is 382 g/mol. The Bertz CT molecular complexity index is 844. The number of methoxy groups -OCH3 is 2. The number of esters is 2. The van der Waals surface area contributed by atoms with Gasteiger partial charge in [-0.15, -0.1) is 0 Å². The van der Waals surface area contributed by atoms with Crippen LogP contribution in [0.25, 0.3) is 0 Å². The van der Waals surface area contributed by atoms with Crippen LogP contribution in [-0.2, 0) is 14.2 Å². The Morgan fingerprint density at radius 1 is 1.03 bits per heavy atom. The van der Waals surface area contributed by atoms with Gasteiger partial charge in [0.2, 0.25) is 0 Å². The summed E-state index contributed by atoms with van der Waals surface area (Å²) >= 11 is 0. The number of carbonyl (C=O) groups is 3. The summed E-state index contributed by atoms with van der Waals surface area (Å²) in [6, 6.07) is 2.81. The Balaban J connectivity index is 1.85. The molecule has 0 bridgehead atoms. The second-order valence-corrected chi connectivity index (χ2v) is 8.05. The molecule has 1 saturated heterocycles. The van der Waals surface area contributed by atoms with Crippen molar-refractivity contribution in [3.63, 3.8) is 0 Å². The lowest BCUT2D eigenvalue weighted by molar-refractivity contribution is -0.00833. The average molecular weight is 407 g/mol. The van der Waals surface area contributed by atoms with Crippen LogP contribution < -0.4 is 9.47 Å². The summed E-state index contributed by atoms with van der Waals surface area (Å²) in [5.41, 5.74) is -1.31. The van der Waals surface area contributed by atoms with Crippen LogP contribution in [0.2, 0.25) is 0 Å². The maximum Gasteiger partial charge on any atom is 0.410 e. The summed E-state index contributed by atoms with van der Waals surface area (Å²) in [6.07, 6.45) is 0.123. The third-order valence-electron chi connectivity index (χ3n) is 4.68. The fraction of sp³-hybridized carbons (Fsp3) is 0.550.